The predicted molar refractivity (Wildman–Crippen MR) is 185 cm³/mol. The Bertz CT molecular complexity index is 2020. The SMILES string of the molecule is C#Cc1c(F)ccc2cc(O)cc(-c3ncc4c(N5CCCOCC5)nc(OC[C@]56CCC[C@H]5N(C5CC7(COC7)C5)CCC6)nc4c3F)c12. The van der Waals surface area contributed by atoms with Crippen LogP contribution in [0, 0.1) is 34.8 Å². The van der Waals surface area contributed by atoms with Gasteiger partial charge in [0.2, 0.25) is 0 Å². The number of phenolic OH excluding ortho intramolecular Hbond substituents is 1. The number of phenols is 1. The number of terminal acetylenes is 1. The fraction of sp³-hybridized carbons (Fsp3) is 0.513. The average molecular weight is 682 g/mol. The van der Waals surface area contributed by atoms with E-state index in [9.17, 15) is 9.50 Å². The molecule has 2 atom stereocenters. The maximum Gasteiger partial charge on any atom is 0.319 e. The van der Waals surface area contributed by atoms with Gasteiger partial charge in [-0.25, -0.2) is 8.78 Å². The number of nitrogens with zero attached hydrogens (tertiary/aromatic N) is 5. The van der Waals surface area contributed by atoms with Gasteiger partial charge in [-0.05, 0) is 75.1 Å². The van der Waals surface area contributed by atoms with Crippen LogP contribution in [0.3, 0.4) is 0 Å². The van der Waals surface area contributed by atoms with Crippen LogP contribution < -0.4 is 9.64 Å². The Morgan fingerprint density at radius 1 is 1.02 bits per heavy atom. The molecule has 3 aliphatic heterocycles. The molecule has 4 aromatic rings. The second kappa shape index (κ2) is 12.3. The zero-order chi connectivity index (χ0) is 34.0. The van der Waals surface area contributed by atoms with E-state index >= 15 is 4.39 Å². The Morgan fingerprint density at radius 3 is 2.70 bits per heavy atom. The number of likely N-dealkylation sites (tertiary alicyclic amines) is 1. The van der Waals surface area contributed by atoms with E-state index in [-0.39, 0.29) is 39.5 Å². The average Bonchev–Trinajstić information content (AvgIpc) is 3.33. The Morgan fingerprint density at radius 2 is 1.88 bits per heavy atom. The summed E-state index contributed by atoms with van der Waals surface area (Å²) in [7, 11) is 0. The van der Waals surface area contributed by atoms with Gasteiger partial charge in [0, 0.05) is 59.8 Å². The quantitative estimate of drug-likeness (QED) is 0.238. The van der Waals surface area contributed by atoms with Crippen LogP contribution in [0.4, 0.5) is 14.6 Å². The van der Waals surface area contributed by atoms with Crippen molar-refractivity contribution in [2.45, 2.75) is 63.5 Å². The molecule has 50 heavy (non-hydrogen) atoms. The van der Waals surface area contributed by atoms with Gasteiger partial charge in [-0.1, -0.05) is 18.4 Å². The number of piperidine rings is 1. The molecule has 0 unspecified atom stereocenters. The lowest BCUT2D eigenvalue weighted by molar-refractivity contribution is -0.196. The van der Waals surface area contributed by atoms with Gasteiger partial charge in [0.1, 0.15) is 28.6 Å². The molecular formula is C39H41F2N5O4. The van der Waals surface area contributed by atoms with E-state index in [0.29, 0.717) is 72.4 Å². The number of aromatic nitrogens is 3. The van der Waals surface area contributed by atoms with E-state index in [1.165, 1.54) is 37.1 Å². The zero-order valence-corrected chi connectivity index (χ0v) is 28.1. The lowest BCUT2D eigenvalue weighted by atomic mass is 9.62. The summed E-state index contributed by atoms with van der Waals surface area (Å²) in [5.74, 6) is 1.49. The third kappa shape index (κ3) is 5.18. The van der Waals surface area contributed by atoms with Crippen molar-refractivity contribution < 1.29 is 28.1 Å². The highest BCUT2D eigenvalue weighted by molar-refractivity contribution is 6.03. The lowest BCUT2D eigenvalue weighted by Gasteiger charge is -2.60. The summed E-state index contributed by atoms with van der Waals surface area (Å²) in [6.45, 7) is 5.78. The van der Waals surface area contributed by atoms with Crippen molar-refractivity contribution in [2.75, 3.05) is 57.6 Å². The molecule has 2 aromatic carbocycles. The number of ether oxygens (including phenoxy) is 3. The predicted octanol–water partition coefficient (Wildman–Crippen LogP) is 6.23. The molecule has 0 radical (unpaired) electrons. The van der Waals surface area contributed by atoms with E-state index < -0.39 is 11.6 Å². The number of pyridine rings is 1. The van der Waals surface area contributed by atoms with Crippen LogP contribution >= 0.6 is 0 Å². The van der Waals surface area contributed by atoms with Crippen molar-refractivity contribution in [3.05, 3.63) is 47.7 Å². The number of fused-ring (bicyclic) bond motifs is 3. The highest BCUT2D eigenvalue weighted by atomic mass is 19.1. The van der Waals surface area contributed by atoms with Gasteiger partial charge in [0.05, 0.1) is 37.4 Å². The molecular weight excluding hydrogens is 640 g/mol. The molecule has 9 rings (SSSR count). The first kappa shape index (κ1) is 31.8. The van der Waals surface area contributed by atoms with E-state index in [1.807, 2.05) is 0 Å². The van der Waals surface area contributed by atoms with Crippen LogP contribution in [0.1, 0.15) is 56.9 Å². The highest BCUT2D eigenvalue weighted by Gasteiger charge is 2.56. The molecule has 11 heteroatoms. The molecule has 1 N–H and O–H groups in total. The third-order valence-corrected chi connectivity index (χ3v) is 12.1. The Hall–Kier alpha value is -4.11. The molecule has 2 aliphatic carbocycles. The number of hydrogen-bond donors (Lipinski definition) is 1. The molecule has 2 saturated carbocycles. The smallest absolute Gasteiger partial charge is 0.319 e. The van der Waals surface area contributed by atoms with Crippen molar-refractivity contribution in [1.82, 2.24) is 19.9 Å². The number of halogens is 2. The Kier molecular flexibility index (Phi) is 7.83. The van der Waals surface area contributed by atoms with Crippen LogP contribution in [-0.4, -0.2) is 89.7 Å². The first-order chi connectivity index (χ1) is 24.4. The standard InChI is InChI=1S/C39H41F2N5O4/c1-2-27-30(40)8-7-24-16-26(47)17-28(32(24)27)34-33(41)35-29(20-42-34)36(45-11-5-14-48-15-13-45)44-37(43-35)50-23-39-9-3-6-31(39)46(12-4-10-39)25-18-38(19-25)21-49-22-38/h1,7-8,16-17,20,25,31,47H,3-6,9-15,18-19,21-23H2/t31-,39-/m1/s1. The lowest BCUT2D eigenvalue weighted by Crippen LogP contribution is -2.64. The molecule has 5 fully saturated rings. The molecule has 5 aliphatic rings. The molecule has 0 amide bonds. The molecule has 5 heterocycles. The van der Waals surface area contributed by atoms with Crippen molar-refractivity contribution in [2.24, 2.45) is 10.8 Å². The minimum Gasteiger partial charge on any atom is -0.508 e. The monoisotopic (exact) mass is 681 g/mol. The van der Waals surface area contributed by atoms with E-state index in [2.05, 4.69) is 20.7 Å². The van der Waals surface area contributed by atoms with Crippen LogP contribution in [0.2, 0.25) is 0 Å². The topological polar surface area (TPSA) is 93.1 Å². The Balaban J connectivity index is 1.10. The van der Waals surface area contributed by atoms with Crippen molar-refractivity contribution in [3.8, 4) is 35.4 Å². The normalized spacial score (nSPS) is 25.2. The Labute approximate surface area is 289 Å². The van der Waals surface area contributed by atoms with Gasteiger partial charge in [0.15, 0.2) is 5.82 Å². The molecule has 3 saturated heterocycles. The maximum absolute atomic E-state index is 17.0. The summed E-state index contributed by atoms with van der Waals surface area (Å²) in [5.41, 5.74) is 0.502. The van der Waals surface area contributed by atoms with Gasteiger partial charge >= 0.3 is 6.01 Å². The summed E-state index contributed by atoms with van der Waals surface area (Å²) in [5, 5.41) is 11.8. The first-order valence-electron chi connectivity index (χ1n) is 17.9. The van der Waals surface area contributed by atoms with Crippen molar-refractivity contribution >= 4 is 27.5 Å². The molecule has 2 aromatic heterocycles. The van der Waals surface area contributed by atoms with E-state index in [4.69, 9.17) is 30.6 Å². The number of rotatable bonds is 6. The maximum atomic E-state index is 17.0. The second-order valence-electron chi connectivity index (χ2n) is 15.1. The van der Waals surface area contributed by atoms with Gasteiger partial charge in [-0.2, -0.15) is 9.97 Å². The van der Waals surface area contributed by atoms with E-state index in [1.54, 1.807) is 6.20 Å². The highest BCUT2D eigenvalue weighted by Crippen LogP contribution is 2.55. The van der Waals surface area contributed by atoms with Crippen molar-refractivity contribution in [1.29, 1.82) is 0 Å². The van der Waals surface area contributed by atoms with E-state index in [0.717, 1.165) is 58.3 Å². The van der Waals surface area contributed by atoms with Gasteiger partial charge in [-0.15, -0.1) is 6.42 Å². The summed E-state index contributed by atoms with van der Waals surface area (Å²) in [6, 6.07) is 6.75. The minimum atomic E-state index is -0.721. The van der Waals surface area contributed by atoms with Crippen LogP contribution in [0.25, 0.3) is 32.9 Å². The van der Waals surface area contributed by atoms with Crippen LogP contribution in [0.15, 0.2) is 30.5 Å². The third-order valence-electron chi connectivity index (χ3n) is 12.1. The largest absolute Gasteiger partial charge is 0.508 e. The molecule has 0 bridgehead atoms. The van der Waals surface area contributed by atoms with Crippen LogP contribution in [0.5, 0.6) is 11.8 Å². The first-order valence-corrected chi connectivity index (χ1v) is 17.9. The summed E-state index contributed by atoms with van der Waals surface area (Å²) < 4.78 is 49.7. The van der Waals surface area contributed by atoms with Crippen molar-refractivity contribution in [3.63, 3.8) is 0 Å². The summed E-state index contributed by atoms with van der Waals surface area (Å²) in [6.07, 6.45) is 16.1. The van der Waals surface area contributed by atoms with Gasteiger partial charge in [0.25, 0.3) is 0 Å². The fourth-order valence-corrected chi connectivity index (χ4v) is 9.61. The number of aromatic hydroxyl groups is 1. The summed E-state index contributed by atoms with van der Waals surface area (Å²) in [4.78, 5) is 19.0. The van der Waals surface area contributed by atoms with Gasteiger partial charge in [-0.3, -0.25) is 9.88 Å². The molecule has 260 valence electrons. The summed E-state index contributed by atoms with van der Waals surface area (Å²) >= 11 is 0. The number of anilines is 1. The second-order valence-corrected chi connectivity index (χ2v) is 15.1. The fourth-order valence-electron chi connectivity index (χ4n) is 9.61. The minimum absolute atomic E-state index is 0.00975. The number of hydrogen-bond acceptors (Lipinski definition) is 9. The van der Waals surface area contributed by atoms with Crippen LogP contribution in [-0.2, 0) is 9.47 Å². The molecule has 1 spiro atoms. The zero-order valence-electron chi connectivity index (χ0n) is 28.1. The molecule has 9 nitrogen and oxygen atoms in total. The van der Waals surface area contributed by atoms with Gasteiger partial charge < -0.3 is 24.2 Å². The number of benzene rings is 2.